The maximum absolute atomic E-state index is 12.6. The number of likely N-dealkylation sites (N-methyl/N-ethyl adjacent to an activating group) is 1. The molecule has 23 heavy (non-hydrogen) atoms. The quantitative estimate of drug-likeness (QED) is 0.521. The van der Waals surface area contributed by atoms with Gasteiger partial charge in [-0.3, -0.25) is 14.8 Å². The standard InChI is InChI=1S/C17H26N2O4/c1-12-5-7-13(8-6-12)9-10-17(2,3)16(22)19(4)14(11-20)15(21)18-23/h5-8,14,20,23H,9-11H2,1-4H3,(H,18,21). The summed E-state index contributed by atoms with van der Waals surface area (Å²) in [7, 11) is 1.45. The molecule has 1 atom stereocenters. The molecule has 1 rings (SSSR count). The number of rotatable bonds is 7. The second kappa shape index (κ2) is 8.08. The van der Waals surface area contributed by atoms with E-state index in [0.717, 1.165) is 12.0 Å². The minimum atomic E-state index is -1.11. The SMILES string of the molecule is Cc1ccc(CCC(C)(C)C(=O)N(C)C(CO)C(=O)NO)cc1. The number of benzene rings is 1. The molecule has 3 N–H and O–H groups in total. The van der Waals surface area contributed by atoms with Gasteiger partial charge in [-0.25, -0.2) is 5.48 Å². The van der Waals surface area contributed by atoms with E-state index in [0.29, 0.717) is 6.42 Å². The average Bonchev–Trinajstić information content (AvgIpc) is 2.53. The first-order chi connectivity index (χ1) is 10.7. The van der Waals surface area contributed by atoms with Gasteiger partial charge < -0.3 is 10.0 Å². The number of aryl methyl sites for hydroxylation is 2. The first-order valence-electron chi connectivity index (χ1n) is 7.60. The molecule has 0 heterocycles. The molecule has 0 aromatic heterocycles. The molecule has 0 aliphatic carbocycles. The molecule has 0 aliphatic rings. The average molecular weight is 322 g/mol. The molecule has 1 unspecified atom stereocenters. The van der Waals surface area contributed by atoms with Crippen LogP contribution in [0.2, 0.25) is 0 Å². The highest BCUT2D eigenvalue weighted by Gasteiger charge is 2.35. The molecular formula is C17H26N2O4. The van der Waals surface area contributed by atoms with Crippen molar-refractivity contribution in [2.24, 2.45) is 5.41 Å². The van der Waals surface area contributed by atoms with Crippen LogP contribution < -0.4 is 5.48 Å². The zero-order valence-corrected chi connectivity index (χ0v) is 14.2. The smallest absolute Gasteiger partial charge is 0.268 e. The number of aliphatic hydroxyl groups is 1. The number of aliphatic hydroxyl groups excluding tert-OH is 1. The molecule has 0 bridgehead atoms. The van der Waals surface area contributed by atoms with Crippen molar-refractivity contribution in [1.29, 1.82) is 0 Å². The highest BCUT2D eigenvalue weighted by atomic mass is 16.5. The summed E-state index contributed by atoms with van der Waals surface area (Å²) in [5.74, 6) is -1.06. The summed E-state index contributed by atoms with van der Waals surface area (Å²) in [6, 6.07) is 7.03. The Hall–Kier alpha value is -1.92. The van der Waals surface area contributed by atoms with Gasteiger partial charge in [-0.2, -0.15) is 0 Å². The van der Waals surface area contributed by atoms with Crippen LogP contribution in [-0.2, 0) is 16.0 Å². The fraction of sp³-hybridized carbons (Fsp3) is 0.529. The molecule has 0 aliphatic heterocycles. The zero-order valence-electron chi connectivity index (χ0n) is 14.2. The molecule has 0 fully saturated rings. The first kappa shape index (κ1) is 19.1. The van der Waals surface area contributed by atoms with E-state index < -0.39 is 24.0 Å². The highest BCUT2D eigenvalue weighted by Crippen LogP contribution is 2.26. The van der Waals surface area contributed by atoms with Crippen molar-refractivity contribution in [3.63, 3.8) is 0 Å². The van der Waals surface area contributed by atoms with Crippen molar-refractivity contribution in [1.82, 2.24) is 10.4 Å². The van der Waals surface area contributed by atoms with Gasteiger partial charge in [0.25, 0.3) is 5.91 Å². The molecule has 0 saturated carbocycles. The second-order valence-electron chi connectivity index (χ2n) is 6.46. The molecular weight excluding hydrogens is 296 g/mol. The van der Waals surface area contributed by atoms with E-state index in [1.54, 1.807) is 0 Å². The summed E-state index contributed by atoms with van der Waals surface area (Å²) >= 11 is 0. The van der Waals surface area contributed by atoms with Crippen molar-refractivity contribution in [2.45, 2.75) is 39.7 Å². The summed E-state index contributed by atoms with van der Waals surface area (Å²) in [5.41, 5.74) is 3.11. The molecule has 128 valence electrons. The van der Waals surface area contributed by atoms with Crippen LogP contribution in [0.3, 0.4) is 0 Å². The molecule has 6 heteroatoms. The summed E-state index contributed by atoms with van der Waals surface area (Å²) in [6.07, 6.45) is 1.35. The zero-order chi connectivity index (χ0) is 17.6. The van der Waals surface area contributed by atoms with Crippen LogP contribution in [0.4, 0.5) is 0 Å². The first-order valence-corrected chi connectivity index (χ1v) is 7.60. The Morgan fingerprint density at radius 1 is 1.26 bits per heavy atom. The Morgan fingerprint density at radius 2 is 1.83 bits per heavy atom. The van der Waals surface area contributed by atoms with Gasteiger partial charge >= 0.3 is 0 Å². The molecule has 6 nitrogen and oxygen atoms in total. The summed E-state index contributed by atoms with van der Waals surface area (Å²) in [5, 5.41) is 18.0. The maximum atomic E-state index is 12.6. The number of nitrogens with zero attached hydrogens (tertiary/aromatic N) is 1. The van der Waals surface area contributed by atoms with Crippen LogP contribution in [0.25, 0.3) is 0 Å². The number of hydrogen-bond donors (Lipinski definition) is 3. The number of hydrogen-bond acceptors (Lipinski definition) is 4. The second-order valence-corrected chi connectivity index (χ2v) is 6.46. The van der Waals surface area contributed by atoms with E-state index in [2.05, 4.69) is 0 Å². The monoisotopic (exact) mass is 322 g/mol. The fourth-order valence-electron chi connectivity index (χ4n) is 2.39. The third-order valence-corrected chi connectivity index (χ3v) is 4.11. The lowest BCUT2D eigenvalue weighted by molar-refractivity contribution is -0.150. The van der Waals surface area contributed by atoms with Crippen molar-refractivity contribution in [3.05, 3.63) is 35.4 Å². The van der Waals surface area contributed by atoms with E-state index in [1.807, 2.05) is 45.0 Å². The molecule has 1 aromatic carbocycles. The number of amides is 2. The minimum Gasteiger partial charge on any atom is -0.394 e. The minimum absolute atomic E-state index is 0.257. The lowest BCUT2D eigenvalue weighted by Crippen LogP contribution is -2.52. The van der Waals surface area contributed by atoms with E-state index in [-0.39, 0.29) is 5.91 Å². The molecule has 1 aromatic rings. The predicted molar refractivity (Wildman–Crippen MR) is 86.9 cm³/mol. The van der Waals surface area contributed by atoms with Crippen LogP contribution in [0.1, 0.15) is 31.4 Å². The van der Waals surface area contributed by atoms with Gasteiger partial charge in [-0.15, -0.1) is 0 Å². The topological polar surface area (TPSA) is 89.9 Å². The van der Waals surface area contributed by atoms with Gasteiger partial charge in [0.2, 0.25) is 5.91 Å². The normalized spacial score (nSPS) is 12.6. The highest BCUT2D eigenvalue weighted by molar-refractivity contribution is 5.89. The predicted octanol–water partition coefficient (Wildman–Crippen LogP) is 1.28. The molecule has 0 spiro atoms. The lowest BCUT2D eigenvalue weighted by Gasteiger charge is -2.33. The number of carbonyl (C=O) groups is 2. The summed E-state index contributed by atoms with van der Waals surface area (Å²) < 4.78 is 0. The van der Waals surface area contributed by atoms with Gasteiger partial charge in [0, 0.05) is 12.5 Å². The van der Waals surface area contributed by atoms with Crippen molar-refractivity contribution in [2.75, 3.05) is 13.7 Å². The Morgan fingerprint density at radius 3 is 2.30 bits per heavy atom. The largest absolute Gasteiger partial charge is 0.394 e. The van der Waals surface area contributed by atoms with E-state index in [4.69, 9.17) is 5.21 Å². The molecule has 0 radical (unpaired) electrons. The summed E-state index contributed by atoms with van der Waals surface area (Å²) in [4.78, 5) is 25.3. The summed E-state index contributed by atoms with van der Waals surface area (Å²) in [6.45, 7) is 5.09. The maximum Gasteiger partial charge on any atom is 0.268 e. The Balaban J connectivity index is 2.75. The van der Waals surface area contributed by atoms with E-state index >= 15 is 0 Å². The van der Waals surface area contributed by atoms with Gasteiger partial charge in [-0.05, 0) is 25.3 Å². The third-order valence-electron chi connectivity index (χ3n) is 4.11. The van der Waals surface area contributed by atoms with Crippen LogP contribution in [0.15, 0.2) is 24.3 Å². The van der Waals surface area contributed by atoms with Gasteiger partial charge in [0.15, 0.2) is 0 Å². The van der Waals surface area contributed by atoms with Crippen LogP contribution in [0.5, 0.6) is 0 Å². The number of nitrogens with one attached hydrogen (secondary N) is 1. The van der Waals surface area contributed by atoms with Crippen LogP contribution >= 0.6 is 0 Å². The van der Waals surface area contributed by atoms with Gasteiger partial charge in [-0.1, -0.05) is 43.7 Å². The van der Waals surface area contributed by atoms with Gasteiger partial charge in [0.1, 0.15) is 6.04 Å². The Labute approximate surface area is 137 Å². The van der Waals surface area contributed by atoms with Crippen molar-refractivity contribution in [3.8, 4) is 0 Å². The van der Waals surface area contributed by atoms with E-state index in [9.17, 15) is 14.7 Å². The molecule has 0 saturated heterocycles. The Bertz CT molecular complexity index is 540. The lowest BCUT2D eigenvalue weighted by atomic mass is 9.84. The van der Waals surface area contributed by atoms with Gasteiger partial charge in [0.05, 0.1) is 6.61 Å². The fourth-order valence-corrected chi connectivity index (χ4v) is 2.39. The van der Waals surface area contributed by atoms with Crippen LogP contribution in [0, 0.1) is 12.3 Å². The van der Waals surface area contributed by atoms with Crippen LogP contribution in [-0.4, -0.2) is 46.7 Å². The van der Waals surface area contributed by atoms with E-state index in [1.165, 1.54) is 23.0 Å². The van der Waals surface area contributed by atoms with Crippen molar-refractivity contribution < 1.29 is 19.9 Å². The number of carbonyl (C=O) groups excluding carboxylic acids is 2. The third kappa shape index (κ3) is 5.04. The Kier molecular flexibility index (Phi) is 6.72. The molecule has 2 amide bonds. The van der Waals surface area contributed by atoms with Crippen molar-refractivity contribution >= 4 is 11.8 Å². The number of hydroxylamine groups is 1.